The number of hydrogen-bond acceptors (Lipinski definition) is 3. The summed E-state index contributed by atoms with van der Waals surface area (Å²) in [6.45, 7) is 5.42. The van der Waals surface area contributed by atoms with Crippen molar-refractivity contribution in [1.29, 1.82) is 0 Å². The first-order chi connectivity index (χ1) is 8.73. The number of nitrogens with one attached hydrogen (secondary N) is 1. The molecule has 1 aliphatic rings. The van der Waals surface area contributed by atoms with E-state index in [0.717, 1.165) is 19.4 Å². The van der Waals surface area contributed by atoms with Crippen LogP contribution in [0.15, 0.2) is 12.1 Å². The van der Waals surface area contributed by atoms with Gasteiger partial charge in [0.2, 0.25) is 0 Å². The molecule has 1 N–H and O–H groups in total. The van der Waals surface area contributed by atoms with Crippen LogP contribution in [0.3, 0.4) is 0 Å². The topological polar surface area (TPSA) is 21.3 Å². The van der Waals surface area contributed by atoms with Gasteiger partial charge >= 0.3 is 0 Å². The Morgan fingerprint density at radius 3 is 2.61 bits per heavy atom. The van der Waals surface area contributed by atoms with Crippen molar-refractivity contribution in [3.63, 3.8) is 0 Å². The third-order valence-electron chi connectivity index (χ3n) is 4.10. The maximum absolute atomic E-state index is 5.77. The van der Waals surface area contributed by atoms with Gasteiger partial charge < -0.3 is 10.1 Å². The van der Waals surface area contributed by atoms with Gasteiger partial charge in [0.15, 0.2) is 0 Å². The number of aryl methyl sites for hydroxylation is 1. The maximum atomic E-state index is 5.77. The second-order valence-electron chi connectivity index (χ2n) is 5.21. The summed E-state index contributed by atoms with van der Waals surface area (Å²) in [6, 6.07) is 5.02. The van der Waals surface area contributed by atoms with Crippen molar-refractivity contribution in [3.05, 3.63) is 21.9 Å². The molecule has 1 heterocycles. The van der Waals surface area contributed by atoms with Gasteiger partial charge in [-0.3, -0.25) is 0 Å². The summed E-state index contributed by atoms with van der Waals surface area (Å²) in [5.41, 5.74) is 0.142. The highest BCUT2D eigenvalue weighted by Crippen LogP contribution is 2.42. The number of hydrogen-bond donors (Lipinski definition) is 1. The van der Waals surface area contributed by atoms with Gasteiger partial charge in [-0.25, -0.2) is 0 Å². The molecule has 0 aliphatic heterocycles. The fourth-order valence-corrected chi connectivity index (χ4v) is 3.75. The Hall–Kier alpha value is -0.380. The van der Waals surface area contributed by atoms with Crippen LogP contribution >= 0.6 is 11.3 Å². The molecule has 1 fully saturated rings. The second-order valence-corrected chi connectivity index (χ2v) is 6.41. The molecule has 0 bridgehead atoms. The molecule has 1 aromatic rings. The summed E-state index contributed by atoms with van der Waals surface area (Å²) in [5, 5.41) is 3.62. The van der Waals surface area contributed by atoms with Crippen molar-refractivity contribution in [2.75, 3.05) is 13.7 Å². The highest BCUT2D eigenvalue weighted by atomic mass is 32.1. The zero-order valence-electron chi connectivity index (χ0n) is 11.8. The predicted octanol–water partition coefficient (Wildman–Crippen LogP) is 3.92. The fourth-order valence-electron chi connectivity index (χ4n) is 2.73. The average molecular weight is 267 g/mol. The minimum Gasteiger partial charge on any atom is -0.378 e. The third kappa shape index (κ3) is 2.95. The zero-order chi connectivity index (χ0) is 13.0. The molecule has 18 heavy (non-hydrogen) atoms. The molecule has 0 radical (unpaired) electrons. The second kappa shape index (κ2) is 6.18. The van der Waals surface area contributed by atoms with E-state index in [9.17, 15) is 0 Å². The van der Waals surface area contributed by atoms with Crippen LogP contribution < -0.4 is 5.32 Å². The van der Waals surface area contributed by atoms with E-state index in [0.29, 0.717) is 6.04 Å². The van der Waals surface area contributed by atoms with E-state index >= 15 is 0 Å². The Labute approximate surface area is 115 Å². The number of methoxy groups -OCH3 is 1. The first kappa shape index (κ1) is 14.0. The lowest BCUT2D eigenvalue weighted by molar-refractivity contribution is -0.0835. The largest absolute Gasteiger partial charge is 0.378 e. The molecule has 1 atom stereocenters. The summed E-state index contributed by atoms with van der Waals surface area (Å²) in [6.07, 6.45) is 6.01. The van der Waals surface area contributed by atoms with E-state index in [1.165, 1.54) is 29.0 Å². The first-order valence-corrected chi connectivity index (χ1v) is 7.92. The molecule has 1 saturated carbocycles. The van der Waals surface area contributed by atoms with Gasteiger partial charge in [-0.2, -0.15) is 0 Å². The zero-order valence-corrected chi connectivity index (χ0v) is 12.6. The summed E-state index contributed by atoms with van der Waals surface area (Å²) in [4.78, 5) is 2.95. The van der Waals surface area contributed by atoms with Gasteiger partial charge in [0, 0.05) is 22.9 Å². The summed E-state index contributed by atoms with van der Waals surface area (Å²) >= 11 is 1.95. The van der Waals surface area contributed by atoms with Crippen LogP contribution in [0.2, 0.25) is 0 Å². The van der Waals surface area contributed by atoms with Crippen LogP contribution in [0.4, 0.5) is 0 Å². The van der Waals surface area contributed by atoms with Gasteiger partial charge in [-0.15, -0.1) is 11.3 Å². The number of rotatable bonds is 7. The highest BCUT2D eigenvalue weighted by molar-refractivity contribution is 7.12. The van der Waals surface area contributed by atoms with Gasteiger partial charge in [0.1, 0.15) is 0 Å². The first-order valence-electron chi connectivity index (χ1n) is 7.10. The molecule has 0 saturated heterocycles. The monoisotopic (exact) mass is 267 g/mol. The smallest absolute Gasteiger partial charge is 0.0697 e. The van der Waals surface area contributed by atoms with E-state index in [4.69, 9.17) is 4.74 Å². The minimum absolute atomic E-state index is 0.142. The van der Waals surface area contributed by atoms with Crippen molar-refractivity contribution in [2.24, 2.45) is 0 Å². The molecule has 0 amide bonds. The highest BCUT2D eigenvalue weighted by Gasteiger charge is 2.39. The van der Waals surface area contributed by atoms with Gasteiger partial charge in [-0.05, 0) is 50.8 Å². The molecular formula is C15H25NOS. The molecule has 102 valence electrons. The minimum atomic E-state index is 0.142. The number of ether oxygens (including phenoxy) is 1. The molecule has 0 spiro atoms. The van der Waals surface area contributed by atoms with E-state index in [1.807, 2.05) is 18.4 Å². The van der Waals surface area contributed by atoms with E-state index < -0.39 is 0 Å². The van der Waals surface area contributed by atoms with Crippen LogP contribution in [-0.2, 0) is 11.2 Å². The predicted molar refractivity (Wildman–Crippen MR) is 78.3 cm³/mol. The van der Waals surface area contributed by atoms with Crippen LogP contribution in [0.1, 0.15) is 55.3 Å². The van der Waals surface area contributed by atoms with Crippen LogP contribution in [0.25, 0.3) is 0 Å². The van der Waals surface area contributed by atoms with E-state index in [2.05, 4.69) is 31.3 Å². The molecule has 1 unspecified atom stereocenters. The summed E-state index contributed by atoms with van der Waals surface area (Å²) < 4.78 is 5.77. The molecule has 2 rings (SSSR count). The van der Waals surface area contributed by atoms with Crippen molar-refractivity contribution in [1.82, 2.24) is 5.32 Å². The van der Waals surface area contributed by atoms with Crippen molar-refractivity contribution in [3.8, 4) is 0 Å². The molecule has 2 nitrogen and oxygen atoms in total. The Morgan fingerprint density at radius 1 is 1.39 bits per heavy atom. The Kier molecular flexibility index (Phi) is 4.82. The van der Waals surface area contributed by atoms with E-state index in [-0.39, 0.29) is 5.60 Å². The molecule has 0 aromatic carbocycles. The standard InChI is InChI=1S/C15H25NOS/c1-4-12-7-8-14(18-12)13(16-5-2)11-15(17-3)9-6-10-15/h7-8,13,16H,4-6,9-11H2,1-3H3. The van der Waals surface area contributed by atoms with Crippen LogP contribution in [0.5, 0.6) is 0 Å². The third-order valence-corrected chi connectivity index (χ3v) is 5.44. The lowest BCUT2D eigenvalue weighted by atomic mass is 9.75. The average Bonchev–Trinajstić information content (AvgIpc) is 2.81. The van der Waals surface area contributed by atoms with Gasteiger partial charge in [0.05, 0.1) is 5.60 Å². The van der Waals surface area contributed by atoms with Crippen molar-refractivity contribution >= 4 is 11.3 Å². The molecule has 3 heteroatoms. The summed E-state index contributed by atoms with van der Waals surface area (Å²) in [5.74, 6) is 0. The van der Waals surface area contributed by atoms with Gasteiger partial charge in [-0.1, -0.05) is 13.8 Å². The lowest BCUT2D eigenvalue weighted by Gasteiger charge is -2.42. The van der Waals surface area contributed by atoms with Crippen LogP contribution in [0, 0.1) is 0 Å². The normalized spacial score (nSPS) is 19.5. The molecular weight excluding hydrogens is 242 g/mol. The van der Waals surface area contributed by atoms with Crippen LogP contribution in [-0.4, -0.2) is 19.3 Å². The molecule has 1 aliphatic carbocycles. The SMILES string of the molecule is CCNC(CC1(OC)CCC1)c1ccc(CC)s1. The maximum Gasteiger partial charge on any atom is 0.0697 e. The van der Waals surface area contributed by atoms with Crippen molar-refractivity contribution < 1.29 is 4.74 Å². The van der Waals surface area contributed by atoms with Crippen molar-refractivity contribution in [2.45, 2.75) is 57.6 Å². The lowest BCUT2D eigenvalue weighted by Crippen LogP contribution is -2.42. The summed E-state index contributed by atoms with van der Waals surface area (Å²) in [7, 11) is 1.87. The Balaban J connectivity index is 2.07. The quantitative estimate of drug-likeness (QED) is 0.808. The van der Waals surface area contributed by atoms with Gasteiger partial charge in [0.25, 0.3) is 0 Å². The fraction of sp³-hybridized carbons (Fsp3) is 0.733. The van der Waals surface area contributed by atoms with E-state index in [1.54, 1.807) is 0 Å². The number of thiophene rings is 1. The Bertz CT molecular complexity index is 365. The molecule has 1 aromatic heterocycles. The Morgan fingerprint density at radius 2 is 2.17 bits per heavy atom.